The summed E-state index contributed by atoms with van der Waals surface area (Å²) in [6.45, 7) is 3.61. The Balaban J connectivity index is 2.12. The van der Waals surface area contributed by atoms with Crippen molar-refractivity contribution in [3.05, 3.63) is 41.2 Å². The van der Waals surface area contributed by atoms with Crippen molar-refractivity contribution in [1.82, 2.24) is 20.3 Å². The maximum absolute atomic E-state index is 12.2. The minimum atomic E-state index is -0.978. The number of aliphatic carboxylic acids is 1. The second kappa shape index (κ2) is 7.44. The monoisotopic (exact) mass is 350 g/mol. The summed E-state index contributed by atoms with van der Waals surface area (Å²) in [6.07, 6.45) is 2.30. The number of carboxylic acid groups (broad SMARTS) is 1. The Morgan fingerprint density at radius 1 is 1.29 bits per heavy atom. The number of carbonyl (C=O) groups excluding carboxylic acids is 1. The second-order valence-corrected chi connectivity index (χ2v) is 5.88. The van der Waals surface area contributed by atoms with E-state index in [9.17, 15) is 14.7 Å². The molecule has 2 rings (SSSR count). The Morgan fingerprint density at radius 3 is 2.54 bits per heavy atom. The van der Waals surface area contributed by atoms with Crippen molar-refractivity contribution < 1.29 is 14.7 Å². The van der Waals surface area contributed by atoms with Gasteiger partial charge in [-0.05, 0) is 25.0 Å². The first-order valence-corrected chi connectivity index (χ1v) is 8.00. The summed E-state index contributed by atoms with van der Waals surface area (Å²) in [6, 6.07) is 7.05. The molecule has 0 aliphatic heterocycles. The molecule has 0 aliphatic carbocycles. The van der Waals surface area contributed by atoms with E-state index >= 15 is 0 Å². The topological polar surface area (TPSA) is 97.1 Å². The molecule has 1 aromatic carbocycles. The number of hydrogen-bond acceptors (Lipinski definition) is 4. The van der Waals surface area contributed by atoms with Crippen LogP contribution in [-0.4, -0.2) is 38.5 Å². The summed E-state index contributed by atoms with van der Waals surface area (Å²) >= 11 is 6.09. The first kappa shape index (κ1) is 17.9. The van der Waals surface area contributed by atoms with Crippen LogP contribution in [-0.2, 0) is 4.79 Å². The summed E-state index contributed by atoms with van der Waals surface area (Å²) in [5.74, 6) is -1.40. The molecule has 0 spiro atoms. The Bertz CT molecular complexity index is 740. The third-order valence-corrected chi connectivity index (χ3v) is 4.54. The molecule has 8 heteroatoms. The Morgan fingerprint density at radius 2 is 1.96 bits per heavy atom. The van der Waals surface area contributed by atoms with Gasteiger partial charge >= 0.3 is 5.97 Å². The molecule has 2 N–H and O–H groups in total. The number of rotatable bonds is 7. The van der Waals surface area contributed by atoms with Gasteiger partial charge in [-0.25, -0.2) is 4.68 Å². The van der Waals surface area contributed by atoms with Gasteiger partial charge < -0.3 is 10.4 Å². The molecule has 0 radical (unpaired) electrons. The first-order chi connectivity index (χ1) is 11.4. The number of amides is 1. The van der Waals surface area contributed by atoms with Crippen LogP contribution in [0.25, 0.3) is 5.69 Å². The highest BCUT2D eigenvalue weighted by atomic mass is 35.5. The van der Waals surface area contributed by atoms with Gasteiger partial charge in [0.2, 0.25) is 0 Å². The number of para-hydroxylation sites is 1. The Hall–Kier alpha value is -2.41. The fourth-order valence-electron chi connectivity index (χ4n) is 2.34. The van der Waals surface area contributed by atoms with Gasteiger partial charge in [0.15, 0.2) is 5.69 Å². The smallest absolute Gasteiger partial charge is 0.311 e. The number of halogens is 1. The minimum absolute atomic E-state index is 0.0348. The molecular formula is C16H19ClN4O3. The lowest BCUT2D eigenvalue weighted by molar-refractivity contribution is -0.149. The normalized spacial score (nSPS) is 11.3. The molecule has 7 nitrogen and oxygen atoms in total. The third kappa shape index (κ3) is 3.56. The van der Waals surface area contributed by atoms with E-state index in [1.807, 2.05) is 0 Å². The molecule has 0 saturated heterocycles. The summed E-state index contributed by atoms with van der Waals surface area (Å²) in [5, 5.41) is 20.2. The maximum atomic E-state index is 12.2. The van der Waals surface area contributed by atoms with Crippen LogP contribution >= 0.6 is 11.6 Å². The SMILES string of the molecule is CCC(CC)(CNC(=O)c1cn(-c2ccccc2Cl)nn1)C(=O)O. The summed E-state index contributed by atoms with van der Waals surface area (Å²) in [5.41, 5.74) is -0.275. The van der Waals surface area contributed by atoms with Crippen molar-refractivity contribution in [2.24, 2.45) is 5.41 Å². The molecular weight excluding hydrogens is 332 g/mol. The summed E-state index contributed by atoms with van der Waals surface area (Å²) < 4.78 is 1.40. The average Bonchev–Trinajstić information content (AvgIpc) is 3.06. The van der Waals surface area contributed by atoms with Crippen LogP contribution < -0.4 is 5.32 Å². The molecule has 1 aromatic heterocycles. The van der Waals surface area contributed by atoms with E-state index in [1.165, 1.54) is 10.9 Å². The van der Waals surface area contributed by atoms with Crippen molar-refractivity contribution in [2.75, 3.05) is 6.54 Å². The van der Waals surface area contributed by atoms with E-state index in [-0.39, 0.29) is 12.2 Å². The van der Waals surface area contributed by atoms with Crippen molar-refractivity contribution in [3.63, 3.8) is 0 Å². The molecule has 0 bridgehead atoms. The van der Waals surface area contributed by atoms with Gasteiger partial charge in [-0.15, -0.1) is 5.10 Å². The first-order valence-electron chi connectivity index (χ1n) is 7.62. The van der Waals surface area contributed by atoms with Crippen molar-refractivity contribution in [2.45, 2.75) is 26.7 Å². The molecule has 0 aliphatic rings. The number of hydrogen-bond donors (Lipinski definition) is 2. The van der Waals surface area contributed by atoms with Crippen LogP contribution in [0.4, 0.5) is 0 Å². The lowest BCUT2D eigenvalue weighted by atomic mass is 9.82. The lowest BCUT2D eigenvalue weighted by Gasteiger charge is -2.26. The molecule has 1 heterocycles. The summed E-state index contributed by atoms with van der Waals surface area (Å²) in [7, 11) is 0. The predicted octanol–water partition coefficient (Wildman–Crippen LogP) is 2.54. The predicted molar refractivity (Wildman–Crippen MR) is 89.4 cm³/mol. The van der Waals surface area contributed by atoms with Crippen LogP contribution in [0, 0.1) is 5.41 Å². The van der Waals surface area contributed by atoms with Crippen LogP contribution in [0.15, 0.2) is 30.5 Å². The third-order valence-electron chi connectivity index (χ3n) is 4.22. The van der Waals surface area contributed by atoms with Crippen LogP contribution in [0.3, 0.4) is 0 Å². The molecule has 0 unspecified atom stereocenters. The summed E-state index contributed by atoms with van der Waals surface area (Å²) in [4.78, 5) is 23.7. The van der Waals surface area contributed by atoms with Crippen molar-refractivity contribution >= 4 is 23.5 Å². The maximum Gasteiger partial charge on any atom is 0.311 e. The largest absolute Gasteiger partial charge is 0.481 e. The van der Waals surface area contributed by atoms with E-state index in [0.29, 0.717) is 23.6 Å². The molecule has 0 saturated carbocycles. The van der Waals surface area contributed by atoms with Gasteiger partial charge in [0.05, 0.1) is 22.3 Å². The number of carboxylic acids is 1. The number of carbonyl (C=O) groups is 2. The van der Waals surface area contributed by atoms with Crippen molar-refractivity contribution in [1.29, 1.82) is 0 Å². The molecule has 128 valence electrons. The zero-order chi connectivity index (χ0) is 17.7. The van der Waals surface area contributed by atoms with Crippen LogP contribution in [0.2, 0.25) is 5.02 Å². The van der Waals surface area contributed by atoms with Gasteiger partial charge in [-0.3, -0.25) is 9.59 Å². The van der Waals surface area contributed by atoms with E-state index < -0.39 is 17.3 Å². The quantitative estimate of drug-likeness (QED) is 0.799. The highest BCUT2D eigenvalue weighted by Gasteiger charge is 2.35. The van der Waals surface area contributed by atoms with Gasteiger partial charge in [0, 0.05) is 6.54 Å². The second-order valence-electron chi connectivity index (χ2n) is 5.48. The molecule has 2 aromatic rings. The van der Waals surface area contributed by atoms with Gasteiger partial charge in [-0.2, -0.15) is 0 Å². The number of nitrogens with one attached hydrogen (secondary N) is 1. The Labute approximate surface area is 144 Å². The standard InChI is InChI=1S/C16H19ClN4O3/c1-3-16(4-2,15(23)24)10-18-14(22)12-9-21(20-19-12)13-8-6-5-7-11(13)17/h5-9H,3-4,10H2,1-2H3,(H,18,22)(H,23,24). The molecule has 0 fully saturated rings. The van der Waals surface area contributed by atoms with Gasteiger partial charge in [-0.1, -0.05) is 42.8 Å². The van der Waals surface area contributed by atoms with E-state index in [0.717, 1.165) is 0 Å². The number of benzene rings is 1. The molecule has 0 atom stereocenters. The average molecular weight is 351 g/mol. The van der Waals surface area contributed by atoms with Gasteiger partial charge in [0.1, 0.15) is 0 Å². The van der Waals surface area contributed by atoms with Crippen LogP contribution in [0.1, 0.15) is 37.2 Å². The van der Waals surface area contributed by atoms with Gasteiger partial charge in [0.25, 0.3) is 5.91 Å². The van der Waals surface area contributed by atoms with E-state index in [4.69, 9.17) is 11.6 Å². The van der Waals surface area contributed by atoms with E-state index in [2.05, 4.69) is 15.6 Å². The molecule has 24 heavy (non-hydrogen) atoms. The van der Waals surface area contributed by atoms with E-state index in [1.54, 1.807) is 38.1 Å². The number of nitrogens with zero attached hydrogens (tertiary/aromatic N) is 3. The number of aromatic nitrogens is 3. The fraction of sp³-hybridized carbons (Fsp3) is 0.375. The Kier molecular flexibility index (Phi) is 5.56. The highest BCUT2D eigenvalue weighted by Crippen LogP contribution is 2.25. The fourth-order valence-corrected chi connectivity index (χ4v) is 2.56. The zero-order valence-electron chi connectivity index (χ0n) is 13.5. The highest BCUT2D eigenvalue weighted by molar-refractivity contribution is 6.32. The zero-order valence-corrected chi connectivity index (χ0v) is 14.2. The van der Waals surface area contributed by atoms with Crippen molar-refractivity contribution in [3.8, 4) is 5.69 Å². The molecule has 1 amide bonds. The van der Waals surface area contributed by atoms with Crippen LogP contribution in [0.5, 0.6) is 0 Å². The minimum Gasteiger partial charge on any atom is -0.481 e. The lowest BCUT2D eigenvalue weighted by Crippen LogP contribution is -2.42.